The van der Waals surface area contributed by atoms with Gasteiger partial charge in [-0.15, -0.1) is 0 Å². The van der Waals surface area contributed by atoms with Crippen LogP contribution in [0, 0.1) is 0 Å². The highest BCUT2D eigenvalue weighted by atomic mass is 35.5. The maximum absolute atomic E-state index is 5.91. The Morgan fingerprint density at radius 1 is 1.47 bits per heavy atom. The number of halogens is 2. The van der Waals surface area contributed by atoms with Crippen molar-refractivity contribution in [3.8, 4) is 0 Å². The van der Waals surface area contributed by atoms with Crippen molar-refractivity contribution in [2.75, 3.05) is 0 Å². The highest BCUT2D eigenvalue weighted by Crippen LogP contribution is 2.23. The highest BCUT2D eigenvalue weighted by Gasteiger charge is 2.09. The van der Waals surface area contributed by atoms with E-state index in [1.807, 2.05) is 19.1 Å². The Kier molecular flexibility index (Phi) is 4.61. The molecular formula is C11H14Cl2N2. The summed E-state index contributed by atoms with van der Waals surface area (Å²) in [4.78, 5) is 0. The first-order chi connectivity index (χ1) is 7.04. The van der Waals surface area contributed by atoms with Crippen LogP contribution in [0.5, 0.6) is 0 Å². The molecule has 0 spiro atoms. The van der Waals surface area contributed by atoms with Crippen LogP contribution in [0.1, 0.15) is 12.5 Å². The Balaban J connectivity index is 2.80. The number of hydrazine groups is 1. The molecule has 0 aliphatic carbocycles. The van der Waals surface area contributed by atoms with E-state index >= 15 is 0 Å². The van der Waals surface area contributed by atoms with Crippen LogP contribution in [0.3, 0.4) is 0 Å². The summed E-state index contributed by atoms with van der Waals surface area (Å²) in [5, 5.41) is 1.12. The van der Waals surface area contributed by atoms with Crippen LogP contribution in [-0.2, 0) is 6.42 Å². The van der Waals surface area contributed by atoms with E-state index in [9.17, 15) is 0 Å². The first-order valence-corrected chi connectivity index (χ1v) is 5.35. The van der Waals surface area contributed by atoms with Crippen LogP contribution in [0.4, 0.5) is 0 Å². The lowest BCUT2D eigenvalue weighted by atomic mass is 10.0. The predicted molar refractivity (Wildman–Crippen MR) is 66.1 cm³/mol. The zero-order valence-electron chi connectivity index (χ0n) is 8.56. The Hall–Kier alpha value is -0.540. The summed E-state index contributed by atoms with van der Waals surface area (Å²) in [6.45, 7) is 5.79. The van der Waals surface area contributed by atoms with E-state index in [2.05, 4.69) is 12.0 Å². The van der Waals surface area contributed by atoms with Gasteiger partial charge in [0.1, 0.15) is 0 Å². The van der Waals surface area contributed by atoms with Crippen LogP contribution in [0.25, 0.3) is 0 Å². The molecule has 1 rings (SSSR count). The third-order valence-corrected chi connectivity index (χ3v) is 2.96. The molecule has 0 amide bonds. The average molecular weight is 245 g/mol. The van der Waals surface area contributed by atoms with Crippen LogP contribution in [0.2, 0.25) is 10.0 Å². The number of benzene rings is 1. The van der Waals surface area contributed by atoms with Crippen molar-refractivity contribution in [3.63, 3.8) is 0 Å². The number of nitrogens with one attached hydrogen (secondary N) is 1. The summed E-state index contributed by atoms with van der Waals surface area (Å²) >= 11 is 11.7. The molecule has 1 unspecified atom stereocenters. The van der Waals surface area contributed by atoms with Gasteiger partial charge in [0, 0.05) is 6.04 Å². The third-order valence-electron chi connectivity index (χ3n) is 2.22. The molecule has 0 aromatic heterocycles. The molecule has 0 fully saturated rings. The van der Waals surface area contributed by atoms with E-state index in [0.29, 0.717) is 10.0 Å². The Morgan fingerprint density at radius 2 is 2.13 bits per heavy atom. The Bertz CT molecular complexity index is 364. The molecule has 82 valence electrons. The predicted octanol–water partition coefficient (Wildman–Crippen LogP) is 2.94. The molecule has 0 heterocycles. The molecule has 2 nitrogen and oxygen atoms in total. The van der Waals surface area contributed by atoms with Gasteiger partial charge in [0.25, 0.3) is 0 Å². The third kappa shape index (κ3) is 3.50. The van der Waals surface area contributed by atoms with Crippen LogP contribution in [-0.4, -0.2) is 6.04 Å². The highest BCUT2D eigenvalue weighted by molar-refractivity contribution is 6.42. The summed E-state index contributed by atoms with van der Waals surface area (Å²) < 4.78 is 0. The molecule has 15 heavy (non-hydrogen) atoms. The van der Waals surface area contributed by atoms with Crippen molar-refractivity contribution < 1.29 is 0 Å². The molecule has 0 aliphatic rings. The van der Waals surface area contributed by atoms with E-state index in [-0.39, 0.29) is 6.04 Å². The van der Waals surface area contributed by atoms with Crippen molar-refractivity contribution in [1.82, 2.24) is 5.43 Å². The quantitative estimate of drug-likeness (QED) is 0.486. The normalized spacial score (nSPS) is 12.5. The van der Waals surface area contributed by atoms with E-state index in [1.165, 1.54) is 0 Å². The number of hydrogen-bond acceptors (Lipinski definition) is 2. The first kappa shape index (κ1) is 12.5. The van der Waals surface area contributed by atoms with Crippen molar-refractivity contribution in [2.24, 2.45) is 5.84 Å². The fraction of sp³-hybridized carbons (Fsp3) is 0.273. The van der Waals surface area contributed by atoms with Crippen molar-refractivity contribution >= 4 is 23.2 Å². The molecule has 3 N–H and O–H groups in total. The minimum Gasteiger partial charge on any atom is -0.271 e. The zero-order chi connectivity index (χ0) is 11.4. The van der Waals surface area contributed by atoms with Crippen molar-refractivity contribution in [2.45, 2.75) is 19.4 Å². The fourth-order valence-electron chi connectivity index (χ4n) is 1.28. The smallest absolute Gasteiger partial charge is 0.0595 e. The number of hydrogen-bond donors (Lipinski definition) is 2. The molecule has 0 aliphatic heterocycles. The lowest BCUT2D eigenvalue weighted by molar-refractivity contribution is 0.591. The molecule has 0 saturated heterocycles. The fourth-order valence-corrected chi connectivity index (χ4v) is 1.60. The average Bonchev–Trinajstić information content (AvgIpc) is 2.19. The molecular weight excluding hydrogens is 231 g/mol. The lowest BCUT2D eigenvalue weighted by Crippen LogP contribution is -2.37. The van der Waals surface area contributed by atoms with Crippen LogP contribution < -0.4 is 11.3 Å². The molecule has 0 saturated carbocycles. The first-order valence-electron chi connectivity index (χ1n) is 4.60. The van der Waals surface area contributed by atoms with E-state index in [0.717, 1.165) is 17.6 Å². The van der Waals surface area contributed by atoms with Gasteiger partial charge in [0.05, 0.1) is 10.0 Å². The van der Waals surface area contributed by atoms with Gasteiger partial charge < -0.3 is 0 Å². The van der Waals surface area contributed by atoms with Gasteiger partial charge in [-0.3, -0.25) is 11.3 Å². The summed E-state index contributed by atoms with van der Waals surface area (Å²) in [6.07, 6.45) is 0.753. The van der Waals surface area contributed by atoms with Gasteiger partial charge in [-0.25, -0.2) is 0 Å². The lowest BCUT2D eigenvalue weighted by Gasteiger charge is -2.15. The van der Waals surface area contributed by atoms with Crippen LogP contribution in [0.15, 0.2) is 30.4 Å². The van der Waals surface area contributed by atoms with E-state index in [4.69, 9.17) is 29.0 Å². The topological polar surface area (TPSA) is 38.0 Å². The molecule has 4 heteroatoms. The monoisotopic (exact) mass is 244 g/mol. The second-order valence-corrected chi connectivity index (χ2v) is 4.33. The van der Waals surface area contributed by atoms with E-state index < -0.39 is 0 Å². The van der Waals surface area contributed by atoms with Gasteiger partial charge in [-0.05, 0) is 31.0 Å². The van der Waals surface area contributed by atoms with Crippen LogP contribution >= 0.6 is 23.2 Å². The maximum Gasteiger partial charge on any atom is 0.0595 e. The van der Waals surface area contributed by atoms with Gasteiger partial charge in [0.2, 0.25) is 0 Å². The molecule has 0 bridgehead atoms. The summed E-state index contributed by atoms with van der Waals surface area (Å²) in [7, 11) is 0. The summed E-state index contributed by atoms with van der Waals surface area (Å²) in [6, 6.07) is 5.62. The van der Waals surface area contributed by atoms with Gasteiger partial charge in [-0.2, -0.15) is 0 Å². The second-order valence-electron chi connectivity index (χ2n) is 3.52. The molecule has 1 aromatic carbocycles. The Morgan fingerprint density at radius 3 is 2.60 bits per heavy atom. The Labute approximate surface area is 100 Å². The van der Waals surface area contributed by atoms with Gasteiger partial charge in [0.15, 0.2) is 0 Å². The molecule has 0 radical (unpaired) electrons. The van der Waals surface area contributed by atoms with Crippen molar-refractivity contribution in [3.05, 3.63) is 46.0 Å². The second kappa shape index (κ2) is 5.52. The maximum atomic E-state index is 5.91. The summed E-state index contributed by atoms with van der Waals surface area (Å²) in [5.41, 5.74) is 4.78. The van der Waals surface area contributed by atoms with E-state index in [1.54, 1.807) is 6.07 Å². The minimum absolute atomic E-state index is 0.0576. The molecule has 1 aromatic rings. The SMILES string of the molecule is C=C(C)C(Cc1ccc(Cl)c(Cl)c1)NN. The van der Waals surface area contributed by atoms with Gasteiger partial charge >= 0.3 is 0 Å². The van der Waals surface area contributed by atoms with Crippen molar-refractivity contribution in [1.29, 1.82) is 0 Å². The number of rotatable bonds is 4. The number of nitrogens with two attached hydrogens (primary N) is 1. The standard InChI is InChI=1S/C11H14Cl2N2/c1-7(2)11(15-14)6-8-3-4-9(12)10(13)5-8/h3-5,11,15H,1,6,14H2,2H3. The summed E-state index contributed by atoms with van der Waals surface area (Å²) in [5.74, 6) is 5.42. The zero-order valence-corrected chi connectivity index (χ0v) is 10.1. The molecule has 1 atom stereocenters. The minimum atomic E-state index is 0.0576. The van der Waals surface area contributed by atoms with Gasteiger partial charge in [-0.1, -0.05) is 41.4 Å². The largest absolute Gasteiger partial charge is 0.271 e.